The molecule has 3 rings (SSSR count). The Morgan fingerprint density at radius 3 is 2.43 bits per heavy atom. The Morgan fingerprint density at radius 1 is 1.07 bits per heavy atom. The fourth-order valence-corrected chi connectivity index (χ4v) is 4.31. The summed E-state index contributed by atoms with van der Waals surface area (Å²) in [7, 11) is 1.85. The number of piperazine rings is 1. The van der Waals surface area contributed by atoms with Gasteiger partial charge in [0.2, 0.25) is 0 Å². The molecule has 1 aliphatic heterocycles. The Labute approximate surface area is 199 Å². The number of halogens is 1. The van der Waals surface area contributed by atoms with E-state index in [9.17, 15) is 5.11 Å². The number of ether oxygens (including phenoxy) is 1. The van der Waals surface area contributed by atoms with E-state index in [1.807, 2.05) is 25.2 Å². The van der Waals surface area contributed by atoms with Crippen LogP contribution in [0.2, 0.25) is 0 Å². The van der Waals surface area contributed by atoms with Crippen molar-refractivity contribution in [3.8, 4) is 5.75 Å². The van der Waals surface area contributed by atoms with Crippen LogP contribution in [0.5, 0.6) is 5.75 Å². The van der Waals surface area contributed by atoms with Gasteiger partial charge in [-0.2, -0.15) is 0 Å². The highest BCUT2D eigenvalue weighted by atomic mass is 127. The number of aromatic hydroxyl groups is 1. The van der Waals surface area contributed by atoms with E-state index in [0.29, 0.717) is 11.9 Å². The van der Waals surface area contributed by atoms with Crippen LogP contribution in [0, 0.1) is 0 Å². The van der Waals surface area contributed by atoms with Crippen LogP contribution in [0.1, 0.15) is 51.4 Å². The summed E-state index contributed by atoms with van der Waals surface area (Å²) in [5.74, 6) is 1.33. The first-order chi connectivity index (χ1) is 14.3. The van der Waals surface area contributed by atoms with Gasteiger partial charge in [-0.15, -0.1) is 24.0 Å². The van der Waals surface area contributed by atoms with E-state index in [2.05, 4.69) is 20.1 Å². The van der Waals surface area contributed by atoms with Crippen molar-refractivity contribution < 1.29 is 9.84 Å². The number of hydrogen-bond donors (Lipinski definition) is 2. The number of nitrogens with zero attached hydrogens (tertiary/aromatic N) is 3. The molecule has 6 nitrogen and oxygen atoms in total. The van der Waals surface area contributed by atoms with Crippen molar-refractivity contribution in [3.05, 3.63) is 24.3 Å². The summed E-state index contributed by atoms with van der Waals surface area (Å²) in [5.41, 5.74) is 0.920. The van der Waals surface area contributed by atoms with Gasteiger partial charge < -0.3 is 25.0 Å². The van der Waals surface area contributed by atoms with E-state index in [1.165, 1.54) is 38.5 Å². The van der Waals surface area contributed by atoms with E-state index in [0.717, 1.165) is 63.8 Å². The number of unbranched alkanes of at least 4 members (excludes halogenated alkanes) is 1. The maximum absolute atomic E-state index is 10.1. The van der Waals surface area contributed by atoms with Crippen molar-refractivity contribution in [1.29, 1.82) is 0 Å². The molecule has 2 N–H and O–H groups in total. The number of guanidine groups is 1. The van der Waals surface area contributed by atoms with Crippen LogP contribution < -0.4 is 10.2 Å². The number of phenols is 1. The van der Waals surface area contributed by atoms with Gasteiger partial charge >= 0.3 is 0 Å². The summed E-state index contributed by atoms with van der Waals surface area (Å²) in [6.45, 7) is 5.38. The van der Waals surface area contributed by atoms with Crippen LogP contribution in [0.3, 0.4) is 0 Å². The molecular weight excluding hydrogens is 491 g/mol. The second-order valence-corrected chi connectivity index (χ2v) is 8.13. The Balaban J connectivity index is 0.00000320. The number of anilines is 1. The monoisotopic (exact) mass is 530 g/mol. The lowest BCUT2D eigenvalue weighted by Gasteiger charge is -2.37. The lowest BCUT2D eigenvalue weighted by atomic mass is 10.1. The van der Waals surface area contributed by atoms with Crippen LogP contribution in [-0.2, 0) is 4.74 Å². The molecular formula is C23H39IN4O2. The predicted molar refractivity (Wildman–Crippen MR) is 135 cm³/mol. The van der Waals surface area contributed by atoms with Gasteiger partial charge in [0, 0.05) is 46.4 Å². The molecule has 0 amide bonds. The Morgan fingerprint density at radius 2 is 1.77 bits per heavy atom. The minimum atomic E-state index is 0. The van der Waals surface area contributed by atoms with Gasteiger partial charge in [-0.3, -0.25) is 4.99 Å². The molecule has 7 heteroatoms. The lowest BCUT2D eigenvalue weighted by molar-refractivity contribution is 0.0411. The number of nitrogens with one attached hydrogen (secondary N) is 1. The number of aliphatic imine (C=N–C) groups is 1. The summed E-state index contributed by atoms with van der Waals surface area (Å²) in [6, 6.07) is 7.57. The number of rotatable bonds is 7. The van der Waals surface area contributed by atoms with Crippen LogP contribution in [-0.4, -0.2) is 68.4 Å². The first kappa shape index (κ1) is 25.0. The van der Waals surface area contributed by atoms with Crippen LogP contribution in [0.4, 0.5) is 5.69 Å². The summed E-state index contributed by atoms with van der Waals surface area (Å²) in [5, 5.41) is 13.6. The molecule has 1 saturated heterocycles. The van der Waals surface area contributed by atoms with E-state index < -0.39 is 0 Å². The van der Waals surface area contributed by atoms with E-state index >= 15 is 0 Å². The zero-order valence-electron chi connectivity index (χ0n) is 18.4. The van der Waals surface area contributed by atoms with Gasteiger partial charge in [0.1, 0.15) is 5.75 Å². The van der Waals surface area contributed by atoms with Gasteiger partial charge in [-0.1, -0.05) is 37.8 Å². The Kier molecular flexibility index (Phi) is 11.7. The third kappa shape index (κ3) is 7.80. The number of para-hydroxylation sites is 2. The van der Waals surface area contributed by atoms with Crippen LogP contribution in [0.25, 0.3) is 0 Å². The molecule has 1 aromatic rings. The molecule has 1 aliphatic carbocycles. The number of phenolic OH excluding ortho intramolecular Hbond substituents is 1. The van der Waals surface area contributed by atoms with Gasteiger partial charge in [0.25, 0.3) is 0 Å². The molecule has 170 valence electrons. The summed E-state index contributed by atoms with van der Waals surface area (Å²) in [6.07, 6.45) is 10.6. The summed E-state index contributed by atoms with van der Waals surface area (Å²) >= 11 is 0. The fraction of sp³-hybridized carbons (Fsp3) is 0.696. The average molecular weight is 530 g/mol. The quantitative estimate of drug-likeness (QED) is 0.182. The molecule has 1 aromatic carbocycles. The fourth-order valence-electron chi connectivity index (χ4n) is 4.31. The van der Waals surface area contributed by atoms with Crippen molar-refractivity contribution in [2.45, 2.75) is 57.5 Å². The second kappa shape index (κ2) is 14.0. The summed E-state index contributed by atoms with van der Waals surface area (Å²) in [4.78, 5) is 9.01. The average Bonchev–Trinajstić information content (AvgIpc) is 3.03. The predicted octanol–water partition coefficient (Wildman–Crippen LogP) is 4.23. The largest absolute Gasteiger partial charge is 0.506 e. The molecule has 0 bridgehead atoms. The van der Waals surface area contributed by atoms with E-state index in [-0.39, 0.29) is 24.0 Å². The molecule has 0 radical (unpaired) electrons. The highest BCUT2D eigenvalue weighted by molar-refractivity contribution is 14.0. The standard InChI is InChI=1S/C23H38N4O2.HI/c1-24-23(25-14-8-9-19-29-20-10-4-2-3-5-11-20)27-17-15-26(16-18-27)21-12-6-7-13-22(21)28;/h6-7,12-13,20,28H,2-5,8-11,14-19H2,1H3,(H,24,25);1H. The normalized spacial score (nSPS) is 18.6. The van der Waals surface area contributed by atoms with Crippen molar-refractivity contribution in [2.75, 3.05) is 51.3 Å². The smallest absolute Gasteiger partial charge is 0.193 e. The van der Waals surface area contributed by atoms with Crippen molar-refractivity contribution >= 4 is 35.6 Å². The lowest BCUT2D eigenvalue weighted by Crippen LogP contribution is -2.52. The third-order valence-electron chi connectivity index (χ3n) is 6.02. The van der Waals surface area contributed by atoms with E-state index in [4.69, 9.17) is 4.74 Å². The molecule has 2 aliphatic rings. The third-order valence-corrected chi connectivity index (χ3v) is 6.02. The molecule has 0 aromatic heterocycles. The molecule has 30 heavy (non-hydrogen) atoms. The van der Waals surface area contributed by atoms with Gasteiger partial charge in [-0.05, 0) is 37.8 Å². The molecule has 2 fully saturated rings. The molecule has 1 heterocycles. The highest BCUT2D eigenvalue weighted by Crippen LogP contribution is 2.27. The van der Waals surface area contributed by atoms with E-state index in [1.54, 1.807) is 6.07 Å². The molecule has 0 unspecified atom stereocenters. The summed E-state index contributed by atoms with van der Waals surface area (Å²) < 4.78 is 6.08. The highest BCUT2D eigenvalue weighted by Gasteiger charge is 2.21. The van der Waals surface area contributed by atoms with Crippen molar-refractivity contribution in [2.24, 2.45) is 4.99 Å². The maximum Gasteiger partial charge on any atom is 0.193 e. The SMILES string of the molecule is CN=C(NCCCCOC1CCCCCC1)N1CCN(c2ccccc2O)CC1.I. The van der Waals surface area contributed by atoms with Gasteiger partial charge in [0.15, 0.2) is 5.96 Å². The topological polar surface area (TPSA) is 60.3 Å². The van der Waals surface area contributed by atoms with Crippen molar-refractivity contribution in [1.82, 2.24) is 10.2 Å². The zero-order chi connectivity index (χ0) is 20.3. The van der Waals surface area contributed by atoms with Crippen LogP contribution >= 0.6 is 24.0 Å². The number of benzene rings is 1. The molecule has 1 saturated carbocycles. The zero-order valence-corrected chi connectivity index (χ0v) is 20.7. The Hall–Kier alpha value is -1.22. The molecule has 0 spiro atoms. The van der Waals surface area contributed by atoms with Crippen LogP contribution in [0.15, 0.2) is 29.3 Å². The van der Waals surface area contributed by atoms with Gasteiger partial charge in [0.05, 0.1) is 11.8 Å². The van der Waals surface area contributed by atoms with Gasteiger partial charge in [-0.25, -0.2) is 0 Å². The Bertz CT molecular complexity index is 627. The minimum absolute atomic E-state index is 0. The first-order valence-corrected chi connectivity index (χ1v) is 11.4. The number of hydrogen-bond acceptors (Lipinski definition) is 4. The minimum Gasteiger partial charge on any atom is -0.506 e. The second-order valence-electron chi connectivity index (χ2n) is 8.13. The maximum atomic E-state index is 10.1. The van der Waals surface area contributed by atoms with Crippen molar-refractivity contribution in [3.63, 3.8) is 0 Å². The molecule has 0 atom stereocenters. The first-order valence-electron chi connectivity index (χ1n) is 11.4.